The zero-order valence-corrected chi connectivity index (χ0v) is 12.4. The highest BCUT2D eigenvalue weighted by molar-refractivity contribution is 7.10. The number of anilines is 1. The van der Waals surface area contributed by atoms with Crippen molar-refractivity contribution in [1.82, 2.24) is 15.3 Å². The third-order valence-corrected chi connectivity index (χ3v) is 4.19. The first kappa shape index (κ1) is 14.0. The quantitative estimate of drug-likeness (QED) is 0.881. The molecule has 0 bridgehead atoms. The Labute approximate surface area is 118 Å². The van der Waals surface area contributed by atoms with Gasteiger partial charge < -0.3 is 10.2 Å². The van der Waals surface area contributed by atoms with Gasteiger partial charge in [-0.25, -0.2) is 4.98 Å². The Morgan fingerprint density at radius 1 is 1.37 bits per heavy atom. The van der Waals surface area contributed by atoms with E-state index in [0.29, 0.717) is 6.04 Å². The van der Waals surface area contributed by atoms with Crippen LogP contribution in [0.4, 0.5) is 5.82 Å². The molecular formula is C14H20N4S. The third-order valence-electron chi connectivity index (χ3n) is 3.15. The van der Waals surface area contributed by atoms with Crippen LogP contribution in [0.3, 0.4) is 0 Å². The zero-order chi connectivity index (χ0) is 13.7. The van der Waals surface area contributed by atoms with Crippen LogP contribution >= 0.6 is 11.3 Å². The lowest BCUT2D eigenvalue weighted by Gasteiger charge is -2.24. The highest BCUT2D eigenvalue weighted by Gasteiger charge is 2.14. The van der Waals surface area contributed by atoms with Gasteiger partial charge in [0.1, 0.15) is 5.82 Å². The fourth-order valence-corrected chi connectivity index (χ4v) is 2.62. The molecule has 1 unspecified atom stereocenters. The maximum Gasteiger partial charge on any atom is 0.147 e. The van der Waals surface area contributed by atoms with Crippen LogP contribution in [0, 0.1) is 0 Å². The van der Waals surface area contributed by atoms with Gasteiger partial charge in [-0.2, -0.15) is 0 Å². The van der Waals surface area contributed by atoms with Gasteiger partial charge in [0.05, 0.1) is 24.1 Å². The van der Waals surface area contributed by atoms with E-state index < -0.39 is 0 Å². The Morgan fingerprint density at radius 2 is 2.21 bits per heavy atom. The molecule has 0 fully saturated rings. The van der Waals surface area contributed by atoms with Gasteiger partial charge in [-0.3, -0.25) is 4.98 Å². The second-order valence-electron chi connectivity index (χ2n) is 4.45. The van der Waals surface area contributed by atoms with E-state index in [1.807, 2.05) is 12.4 Å². The molecule has 0 aliphatic carbocycles. The molecule has 0 aliphatic heterocycles. The molecule has 0 spiro atoms. The van der Waals surface area contributed by atoms with Crippen molar-refractivity contribution in [3.63, 3.8) is 0 Å². The van der Waals surface area contributed by atoms with E-state index >= 15 is 0 Å². The summed E-state index contributed by atoms with van der Waals surface area (Å²) in [6.07, 6.45) is 3.69. The average molecular weight is 276 g/mol. The van der Waals surface area contributed by atoms with Gasteiger partial charge in [0.25, 0.3) is 0 Å². The van der Waals surface area contributed by atoms with Crippen LogP contribution in [-0.4, -0.2) is 23.6 Å². The van der Waals surface area contributed by atoms with Gasteiger partial charge in [-0.1, -0.05) is 13.0 Å². The topological polar surface area (TPSA) is 41.1 Å². The van der Waals surface area contributed by atoms with E-state index in [1.165, 1.54) is 4.88 Å². The summed E-state index contributed by atoms with van der Waals surface area (Å²) in [5, 5.41) is 5.35. The summed E-state index contributed by atoms with van der Waals surface area (Å²) in [6, 6.07) is 4.54. The largest absolute Gasteiger partial charge is 0.351 e. The van der Waals surface area contributed by atoms with Crippen molar-refractivity contribution in [2.45, 2.75) is 26.4 Å². The molecule has 19 heavy (non-hydrogen) atoms. The lowest BCUT2D eigenvalue weighted by molar-refractivity contribution is 0.700. The number of thiophene rings is 1. The van der Waals surface area contributed by atoms with Crippen LogP contribution in [0.25, 0.3) is 0 Å². The fourth-order valence-electron chi connectivity index (χ4n) is 1.79. The number of aromatic nitrogens is 2. The second kappa shape index (κ2) is 6.63. The Morgan fingerprint density at radius 3 is 2.79 bits per heavy atom. The number of nitrogens with one attached hydrogen (secondary N) is 1. The molecule has 2 heterocycles. The molecule has 2 aromatic rings. The molecule has 2 rings (SSSR count). The van der Waals surface area contributed by atoms with Crippen molar-refractivity contribution in [2.24, 2.45) is 0 Å². The van der Waals surface area contributed by atoms with E-state index in [9.17, 15) is 0 Å². The molecular weight excluding hydrogens is 256 g/mol. The van der Waals surface area contributed by atoms with Gasteiger partial charge in [0, 0.05) is 18.5 Å². The van der Waals surface area contributed by atoms with E-state index in [4.69, 9.17) is 0 Å². The van der Waals surface area contributed by atoms with Crippen LogP contribution in [0.5, 0.6) is 0 Å². The molecule has 4 nitrogen and oxygen atoms in total. The predicted molar refractivity (Wildman–Crippen MR) is 80.5 cm³/mol. The predicted octanol–water partition coefficient (Wildman–Crippen LogP) is 2.85. The van der Waals surface area contributed by atoms with Gasteiger partial charge in [-0.15, -0.1) is 11.3 Å². The first-order valence-corrected chi connectivity index (χ1v) is 7.38. The molecule has 102 valence electrons. The number of hydrogen-bond acceptors (Lipinski definition) is 5. The zero-order valence-electron chi connectivity index (χ0n) is 11.6. The van der Waals surface area contributed by atoms with Gasteiger partial charge in [0.15, 0.2) is 0 Å². The molecule has 0 aliphatic rings. The molecule has 5 heteroatoms. The fraction of sp³-hybridized carbons (Fsp3) is 0.429. The number of nitrogens with zero attached hydrogens (tertiary/aromatic N) is 3. The Kier molecular flexibility index (Phi) is 4.87. The molecule has 1 N–H and O–H groups in total. The minimum atomic E-state index is 0.314. The lowest BCUT2D eigenvalue weighted by Crippen LogP contribution is -2.22. The van der Waals surface area contributed by atoms with Crippen LogP contribution in [0.1, 0.15) is 30.5 Å². The SMILES string of the molecule is CCNCc1cnc(N(C)C(C)c2cccs2)cn1. The first-order valence-electron chi connectivity index (χ1n) is 6.50. The molecule has 0 saturated carbocycles. The molecule has 0 radical (unpaired) electrons. The minimum absolute atomic E-state index is 0.314. The van der Waals surface area contributed by atoms with Crippen molar-refractivity contribution in [1.29, 1.82) is 0 Å². The summed E-state index contributed by atoms with van der Waals surface area (Å²) in [4.78, 5) is 12.4. The smallest absolute Gasteiger partial charge is 0.147 e. The van der Waals surface area contributed by atoms with Crippen molar-refractivity contribution < 1.29 is 0 Å². The maximum absolute atomic E-state index is 4.49. The Hall–Kier alpha value is -1.46. The normalized spacial score (nSPS) is 12.4. The van der Waals surface area contributed by atoms with Crippen molar-refractivity contribution in [2.75, 3.05) is 18.5 Å². The minimum Gasteiger partial charge on any atom is -0.351 e. The van der Waals surface area contributed by atoms with Gasteiger partial charge in [-0.05, 0) is 24.9 Å². The summed E-state index contributed by atoms with van der Waals surface area (Å²) in [5.41, 5.74) is 0.975. The summed E-state index contributed by atoms with van der Waals surface area (Å²) in [5.74, 6) is 0.904. The second-order valence-corrected chi connectivity index (χ2v) is 5.43. The third kappa shape index (κ3) is 3.52. The van der Waals surface area contributed by atoms with Crippen LogP contribution in [0.2, 0.25) is 0 Å². The Balaban J connectivity index is 2.05. The summed E-state index contributed by atoms with van der Waals surface area (Å²) >= 11 is 1.77. The molecule has 2 aromatic heterocycles. The van der Waals surface area contributed by atoms with Crippen LogP contribution < -0.4 is 10.2 Å². The van der Waals surface area contributed by atoms with Gasteiger partial charge >= 0.3 is 0 Å². The maximum atomic E-state index is 4.49. The Bertz CT molecular complexity index is 481. The van der Waals surface area contributed by atoms with Crippen LogP contribution in [-0.2, 0) is 6.54 Å². The van der Waals surface area contributed by atoms with E-state index in [2.05, 4.69) is 58.6 Å². The van der Waals surface area contributed by atoms with E-state index in [-0.39, 0.29) is 0 Å². The van der Waals surface area contributed by atoms with Crippen molar-refractivity contribution in [3.05, 3.63) is 40.5 Å². The first-order chi connectivity index (χ1) is 9.22. The average Bonchev–Trinajstić information content (AvgIpc) is 2.98. The van der Waals surface area contributed by atoms with E-state index in [1.54, 1.807) is 11.3 Å². The lowest BCUT2D eigenvalue weighted by atomic mass is 10.2. The summed E-state index contributed by atoms with van der Waals surface area (Å²) < 4.78 is 0. The van der Waals surface area contributed by atoms with Crippen LogP contribution in [0.15, 0.2) is 29.9 Å². The highest BCUT2D eigenvalue weighted by atomic mass is 32.1. The molecule has 1 atom stereocenters. The standard InChI is InChI=1S/C14H20N4S/c1-4-15-8-12-9-17-14(10-16-12)18(3)11(2)13-6-5-7-19-13/h5-7,9-11,15H,4,8H2,1-3H3. The van der Waals surface area contributed by atoms with Crippen molar-refractivity contribution in [3.8, 4) is 0 Å². The number of rotatable bonds is 6. The monoisotopic (exact) mass is 276 g/mol. The number of hydrogen-bond donors (Lipinski definition) is 1. The van der Waals surface area contributed by atoms with Gasteiger partial charge in [0.2, 0.25) is 0 Å². The van der Waals surface area contributed by atoms with Crippen molar-refractivity contribution >= 4 is 17.2 Å². The highest BCUT2D eigenvalue weighted by Crippen LogP contribution is 2.26. The molecule has 0 aromatic carbocycles. The summed E-state index contributed by atoms with van der Waals surface area (Å²) in [6.45, 7) is 5.98. The molecule has 0 saturated heterocycles. The summed E-state index contributed by atoms with van der Waals surface area (Å²) in [7, 11) is 2.05. The molecule has 0 amide bonds. The van der Waals surface area contributed by atoms with E-state index in [0.717, 1.165) is 24.6 Å².